The lowest BCUT2D eigenvalue weighted by molar-refractivity contribution is 0.258. The second kappa shape index (κ2) is 6.43. The van der Waals surface area contributed by atoms with Gasteiger partial charge in [-0.3, -0.25) is 10.1 Å². The lowest BCUT2D eigenvalue weighted by atomic mass is 9.80. The van der Waals surface area contributed by atoms with Gasteiger partial charge in [-0.2, -0.15) is 5.10 Å². The predicted octanol–water partition coefficient (Wildman–Crippen LogP) is 0.564. The van der Waals surface area contributed by atoms with Crippen LogP contribution in [0.5, 0.6) is 0 Å². The van der Waals surface area contributed by atoms with E-state index in [1.807, 2.05) is 0 Å². The molecule has 2 aliphatic heterocycles. The van der Waals surface area contributed by atoms with Gasteiger partial charge in [-0.25, -0.2) is 9.97 Å². The third-order valence-electron chi connectivity index (χ3n) is 5.72. The topological polar surface area (TPSA) is 148 Å². The fourth-order valence-corrected chi connectivity index (χ4v) is 3.82. The number of fused-ring (bicyclic) bond motifs is 1. The lowest BCUT2D eigenvalue weighted by Gasteiger charge is -2.39. The Kier molecular flexibility index (Phi) is 4.32. The van der Waals surface area contributed by atoms with Crippen LogP contribution in [0, 0.1) is 5.41 Å². The van der Waals surface area contributed by atoms with Gasteiger partial charge >= 0.3 is 0 Å². The van der Waals surface area contributed by atoms with Crippen LogP contribution in [0.4, 0.5) is 5.82 Å². The molecule has 27 heavy (non-hydrogen) atoms. The monoisotopic (exact) mass is 389 g/mol. The van der Waals surface area contributed by atoms with E-state index in [9.17, 15) is 0 Å². The van der Waals surface area contributed by atoms with Gasteiger partial charge in [-0.05, 0) is 30.9 Å². The quantitative estimate of drug-likeness (QED) is 0.560. The molecular weight excluding hydrogens is 366 g/mol. The maximum Gasteiger partial charge on any atom is 0.176 e. The highest BCUT2D eigenvalue weighted by Gasteiger charge is 2.45. The van der Waals surface area contributed by atoms with Crippen LogP contribution in [0.25, 0.3) is 11.2 Å². The zero-order valence-corrected chi connectivity index (χ0v) is 15.9. The van der Waals surface area contributed by atoms with Crippen LogP contribution >= 0.6 is 11.6 Å². The van der Waals surface area contributed by atoms with Gasteiger partial charge in [0.2, 0.25) is 0 Å². The number of piperidine rings is 1. The van der Waals surface area contributed by atoms with Crippen LogP contribution in [0.1, 0.15) is 25.5 Å². The summed E-state index contributed by atoms with van der Waals surface area (Å²) in [6.07, 6.45) is 6.20. The average molecular weight is 390 g/mol. The normalized spacial score (nSPS) is 27.8. The van der Waals surface area contributed by atoms with E-state index in [1.54, 1.807) is 18.5 Å². The van der Waals surface area contributed by atoms with Crippen LogP contribution in [0.3, 0.4) is 0 Å². The summed E-state index contributed by atoms with van der Waals surface area (Å²) in [4.78, 5) is 14.4. The second-order valence-electron chi connectivity index (χ2n) is 7.58. The minimum atomic E-state index is -1.25. The number of anilines is 1. The second-order valence-corrected chi connectivity index (χ2v) is 8.17. The van der Waals surface area contributed by atoms with E-state index >= 15 is 0 Å². The highest BCUT2D eigenvalue weighted by atomic mass is 35.5. The number of allylic oxidation sites excluding steroid dienone is 1. The van der Waals surface area contributed by atoms with E-state index in [0.29, 0.717) is 29.1 Å². The highest BCUT2D eigenvalue weighted by Crippen LogP contribution is 2.40. The molecule has 2 atom stereocenters. The van der Waals surface area contributed by atoms with Gasteiger partial charge in [0, 0.05) is 25.0 Å². The van der Waals surface area contributed by atoms with Crippen LogP contribution in [0.2, 0.25) is 0 Å². The number of nitrogens with one attached hydrogen (secondary N) is 1. The van der Waals surface area contributed by atoms with Gasteiger partial charge in [0.1, 0.15) is 23.2 Å². The molecule has 0 aliphatic carbocycles. The van der Waals surface area contributed by atoms with Crippen molar-refractivity contribution in [3.05, 3.63) is 23.7 Å². The first kappa shape index (κ1) is 18.1. The van der Waals surface area contributed by atoms with Crippen molar-refractivity contribution in [3.8, 4) is 0 Å². The molecule has 4 rings (SSSR count). The van der Waals surface area contributed by atoms with E-state index in [-0.39, 0.29) is 5.41 Å². The number of hydrogen-bond acceptors (Lipinski definition) is 8. The van der Waals surface area contributed by atoms with E-state index in [1.165, 1.54) is 0 Å². The molecule has 0 aromatic carbocycles. The van der Waals surface area contributed by atoms with E-state index < -0.39 is 11.0 Å². The maximum atomic E-state index is 6.75. The van der Waals surface area contributed by atoms with Crippen molar-refractivity contribution < 1.29 is 0 Å². The summed E-state index contributed by atoms with van der Waals surface area (Å²) in [5.74, 6) is 0.801. The molecule has 0 amide bonds. The molecule has 4 heterocycles. The molecule has 10 heteroatoms. The molecule has 0 radical (unpaired) electrons. The Morgan fingerprint density at radius 2 is 2.11 bits per heavy atom. The first-order valence-electron chi connectivity index (χ1n) is 8.98. The number of alkyl halides is 1. The van der Waals surface area contributed by atoms with Crippen molar-refractivity contribution in [1.29, 1.82) is 0 Å². The first-order chi connectivity index (χ1) is 12.9. The third kappa shape index (κ3) is 2.86. The number of H-pyrrole nitrogens is 1. The molecule has 1 fully saturated rings. The molecule has 144 valence electrons. The van der Waals surface area contributed by atoms with E-state index in [4.69, 9.17) is 28.8 Å². The Bertz CT molecular complexity index is 912. The fourth-order valence-electron chi connectivity index (χ4n) is 3.57. The third-order valence-corrected chi connectivity index (χ3v) is 6.34. The zero-order valence-electron chi connectivity index (χ0n) is 15.2. The van der Waals surface area contributed by atoms with Gasteiger partial charge in [0.15, 0.2) is 10.5 Å². The van der Waals surface area contributed by atoms with Crippen LogP contribution in [-0.4, -0.2) is 52.2 Å². The van der Waals surface area contributed by atoms with Crippen molar-refractivity contribution in [2.24, 2.45) is 27.6 Å². The van der Waals surface area contributed by atoms with Crippen molar-refractivity contribution in [2.75, 3.05) is 24.5 Å². The molecule has 0 spiro atoms. The zero-order chi connectivity index (χ0) is 19.2. The minimum absolute atomic E-state index is 0.196. The Balaban J connectivity index is 1.65. The fraction of sp³-hybridized carbons (Fsp3) is 0.529. The molecule has 0 bridgehead atoms. The molecule has 0 saturated carbocycles. The summed E-state index contributed by atoms with van der Waals surface area (Å²) >= 11 is 6.75. The number of hydrogen-bond donors (Lipinski definition) is 4. The first-order valence-corrected chi connectivity index (χ1v) is 9.36. The number of dihydropyridines is 1. The van der Waals surface area contributed by atoms with Gasteiger partial charge in [-0.15, -0.1) is 11.6 Å². The van der Waals surface area contributed by atoms with Gasteiger partial charge in [0.05, 0.1) is 6.20 Å². The van der Waals surface area contributed by atoms with Crippen molar-refractivity contribution >= 4 is 34.8 Å². The molecule has 2 aromatic rings. The molecule has 1 saturated heterocycles. The average Bonchev–Trinajstić information content (AvgIpc) is 3.10. The number of rotatable bonds is 3. The maximum absolute atomic E-state index is 6.75. The van der Waals surface area contributed by atoms with Crippen molar-refractivity contribution in [3.63, 3.8) is 0 Å². The molecular formula is C17H24ClN9. The Morgan fingerprint density at radius 1 is 1.37 bits per heavy atom. The van der Waals surface area contributed by atoms with E-state index in [0.717, 1.165) is 31.7 Å². The SMILES string of the molecule is CC1(CN)CCN(c2cnc3c(C4(Cl)C(N)=CC=NC4N)n[nH]c3n2)CC1. The van der Waals surface area contributed by atoms with Crippen LogP contribution in [-0.2, 0) is 4.87 Å². The number of nitrogens with two attached hydrogens (primary N) is 3. The summed E-state index contributed by atoms with van der Waals surface area (Å²) in [7, 11) is 0. The molecule has 2 aromatic heterocycles. The number of aromatic nitrogens is 4. The van der Waals surface area contributed by atoms with Gasteiger partial charge in [-0.1, -0.05) is 6.92 Å². The Hall–Kier alpha value is -2.23. The standard InChI is InChI=1S/C17H24ClN9/c1-16(9-19)3-6-27(7-4-16)11-8-23-12-13(25-26-14(12)24-11)17(18)10(20)2-5-22-15(17)21/h2,5,8,15H,3-4,6-7,9,19-21H2,1H3,(H,24,25,26). The van der Waals surface area contributed by atoms with Gasteiger partial charge in [0.25, 0.3) is 0 Å². The summed E-state index contributed by atoms with van der Waals surface area (Å²) in [5, 5.41) is 7.24. The molecule has 9 nitrogen and oxygen atoms in total. The van der Waals surface area contributed by atoms with Crippen molar-refractivity contribution in [2.45, 2.75) is 30.8 Å². The van der Waals surface area contributed by atoms with Crippen LogP contribution < -0.4 is 22.1 Å². The number of nitrogens with zero attached hydrogens (tertiary/aromatic N) is 5. The number of aromatic amines is 1. The van der Waals surface area contributed by atoms with E-state index in [2.05, 4.69) is 37.0 Å². The predicted molar refractivity (Wildman–Crippen MR) is 107 cm³/mol. The Morgan fingerprint density at radius 3 is 2.78 bits per heavy atom. The van der Waals surface area contributed by atoms with Crippen molar-refractivity contribution in [1.82, 2.24) is 20.2 Å². The molecule has 7 N–H and O–H groups in total. The lowest BCUT2D eigenvalue weighted by Crippen LogP contribution is -2.46. The smallest absolute Gasteiger partial charge is 0.176 e. The Labute approximate surface area is 162 Å². The summed E-state index contributed by atoms with van der Waals surface area (Å²) in [6.45, 7) is 4.71. The summed E-state index contributed by atoms with van der Waals surface area (Å²) in [5.41, 5.74) is 20.2. The minimum Gasteiger partial charge on any atom is -0.400 e. The highest BCUT2D eigenvalue weighted by molar-refractivity contribution is 6.27. The molecule has 2 aliphatic rings. The van der Waals surface area contributed by atoms with Gasteiger partial charge < -0.3 is 22.1 Å². The summed E-state index contributed by atoms with van der Waals surface area (Å²) in [6, 6.07) is 0. The number of halogens is 1. The van der Waals surface area contributed by atoms with Crippen LogP contribution in [0.15, 0.2) is 23.0 Å². The largest absolute Gasteiger partial charge is 0.400 e. The molecule has 2 unspecified atom stereocenters. The summed E-state index contributed by atoms with van der Waals surface area (Å²) < 4.78 is 0. The number of aliphatic imine (C=N–C) groups is 1.